The summed E-state index contributed by atoms with van der Waals surface area (Å²) in [6.07, 6.45) is 0.208. The summed E-state index contributed by atoms with van der Waals surface area (Å²) in [5, 5.41) is 3.28. The lowest BCUT2D eigenvalue weighted by Crippen LogP contribution is -2.14. The quantitative estimate of drug-likeness (QED) is 0.879. The maximum Gasteiger partial charge on any atom is 0.228 e. The fourth-order valence-electron chi connectivity index (χ4n) is 1.58. The Morgan fingerprint density at radius 2 is 1.89 bits per heavy atom. The van der Waals surface area contributed by atoms with Crippen LogP contribution in [-0.4, -0.2) is 5.91 Å². The van der Waals surface area contributed by atoms with Crippen LogP contribution in [0.5, 0.6) is 0 Å². The largest absolute Gasteiger partial charge is 0.325 e. The lowest BCUT2D eigenvalue weighted by atomic mass is 10.1. The van der Waals surface area contributed by atoms with E-state index in [0.717, 1.165) is 5.56 Å². The van der Waals surface area contributed by atoms with Crippen LogP contribution in [0.25, 0.3) is 0 Å². The van der Waals surface area contributed by atoms with Gasteiger partial charge in [-0.3, -0.25) is 4.79 Å². The molecular weight excluding hydrogens is 333 g/mol. The standard InChI is InChI=1S/C14H10BrClFNO/c15-12-6-5-11(17)8-13(12)18-14(19)7-9-1-3-10(16)4-2-9/h1-6,8H,7H2,(H,18,19). The number of benzene rings is 2. The molecule has 2 aromatic carbocycles. The van der Waals surface area contributed by atoms with Gasteiger partial charge in [0.05, 0.1) is 12.1 Å². The van der Waals surface area contributed by atoms with Crippen molar-refractivity contribution >= 4 is 39.1 Å². The lowest BCUT2D eigenvalue weighted by Gasteiger charge is -2.07. The van der Waals surface area contributed by atoms with Gasteiger partial charge in [-0.2, -0.15) is 0 Å². The van der Waals surface area contributed by atoms with Crippen molar-refractivity contribution in [2.75, 3.05) is 5.32 Å². The molecule has 1 amide bonds. The fourth-order valence-corrected chi connectivity index (χ4v) is 2.05. The molecule has 0 aliphatic carbocycles. The van der Waals surface area contributed by atoms with Crippen molar-refractivity contribution in [3.63, 3.8) is 0 Å². The van der Waals surface area contributed by atoms with Crippen molar-refractivity contribution in [2.24, 2.45) is 0 Å². The van der Waals surface area contributed by atoms with E-state index in [0.29, 0.717) is 15.2 Å². The van der Waals surface area contributed by atoms with Crippen LogP contribution in [0.3, 0.4) is 0 Å². The van der Waals surface area contributed by atoms with Gasteiger partial charge in [0.15, 0.2) is 0 Å². The third kappa shape index (κ3) is 4.04. The summed E-state index contributed by atoms with van der Waals surface area (Å²) >= 11 is 9.02. The molecule has 2 rings (SSSR count). The van der Waals surface area contributed by atoms with E-state index in [9.17, 15) is 9.18 Å². The molecule has 2 nitrogen and oxygen atoms in total. The second-order valence-corrected chi connectivity index (χ2v) is 5.27. The summed E-state index contributed by atoms with van der Waals surface area (Å²) in [6, 6.07) is 11.1. The fraction of sp³-hybridized carbons (Fsp3) is 0.0714. The molecule has 0 radical (unpaired) electrons. The molecule has 0 spiro atoms. The van der Waals surface area contributed by atoms with Gasteiger partial charge < -0.3 is 5.32 Å². The van der Waals surface area contributed by atoms with E-state index in [1.807, 2.05) is 0 Å². The van der Waals surface area contributed by atoms with Crippen LogP contribution in [0.4, 0.5) is 10.1 Å². The van der Waals surface area contributed by atoms with Gasteiger partial charge in [0.25, 0.3) is 0 Å². The smallest absolute Gasteiger partial charge is 0.228 e. The Morgan fingerprint density at radius 1 is 1.21 bits per heavy atom. The Balaban J connectivity index is 2.05. The van der Waals surface area contributed by atoms with E-state index >= 15 is 0 Å². The molecule has 98 valence electrons. The second kappa shape index (κ2) is 6.17. The van der Waals surface area contributed by atoms with Crippen LogP contribution in [0.1, 0.15) is 5.56 Å². The monoisotopic (exact) mass is 341 g/mol. The van der Waals surface area contributed by atoms with Gasteiger partial charge in [-0.1, -0.05) is 23.7 Å². The molecule has 1 N–H and O–H groups in total. The van der Waals surface area contributed by atoms with Crippen molar-refractivity contribution < 1.29 is 9.18 Å². The number of nitrogens with one attached hydrogen (secondary N) is 1. The minimum absolute atomic E-state index is 0.208. The molecule has 19 heavy (non-hydrogen) atoms. The van der Waals surface area contributed by atoms with Crippen molar-refractivity contribution in [2.45, 2.75) is 6.42 Å². The third-order valence-electron chi connectivity index (χ3n) is 2.48. The van der Waals surface area contributed by atoms with Crippen LogP contribution < -0.4 is 5.32 Å². The average Bonchev–Trinajstić information content (AvgIpc) is 2.37. The van der Waals surface area contributed by atoms with Gasteiger partial charge >= 0.3 is 0 Å². The third-order valence-corrected chi connectivity index (χ3v) is 3.42. The first-order valence-corrected chi connectivity index (χ1v) is 6.71. The molecule has 0 fully saturated rings. The Morgan fingerprint density at radius 3 is 2.58 bits per heavy atom. The van der Waals surface area contributed by atoms with E-state index in [1.165, 1.54) is 12.1 Å². The number of carbonyl (C=O) groups is 1. The van der Waals surface area contributed by atoms with Gasteiger partial charge in [0.1, 0.15) is 5.82 Å². The number of hydrogen-bond acceptors (Lipinski definition) is 1. The Bertz CT molecular complexity index is 601. The molecule has 0 aliphatic heterocycles. The van der Waals surface area contributed by atoms with Crippen molar-refractivity contribution in [3.05, 3.63) is 63.3 Å². The Kier molecular flexibility index (Phi) is 4.56. The summed E-state index contributed by atoms with van der Waals surface area (Å²) < 4.78 is 13.7. The molecule has 0 saturated heterocycles. The van der Waals surface area contributed by atoms with Crippen LogP contribution in [0.2, 0.25) is 5.02 Å². The first-order valence-electron chi connectivity index (χ1n) is 5.54. The predicted octanol–water partition coefficient (Wildman–Crippen LogP) is 4.42. The maximum absolute atomic E-state index is 13.1. The number of rotatable bonds is 3. The summed E-state index contributed by atoms with van der Waals surface area (Å²) in [6.45, 7) is 0. The molecule has 2 aromatic rings. The summed E-state index contributed by atoms with van der Waals surface area (Å²) in [5.41, 5.74) is 1.26. The van der Waals surface area contributed by atoms with E-state index in [-0.39, 0.29) is 12.3 Å². The van der Waals surface area contributed by atoms with Crippen LogP contribution >= 0.6 is 27.5 Å². The van der Waals surface area contributed by atoms with E-state index in [1.54, 1.807) is 30.3 Å². The van der Waals surface area contributed by atoms with Crippen molar-refractivity contribution in [1.29, 1.82) is 0 Å². The van der Waals surface area contributed by atoms with Crippen LogP contribution in [0, 0.1) is 5.82 Å². The van der Waals surface area contributed by atoms with E-state index < -0.39 is 5.82 Å². The van der Waals surface area contributed by atoms with Gasteiger partial charge in [0.2, 0.25) is 5.91 Å². The number of carbonyl (C=O) groups excluding carboxylic acids is 1. The van der Waals surface area contributed by atoms with Gasteiger partial charge in [-0.25, -0.2) is 4.39 Å². The van der Waals surface area contributed by atoms with E-state index in [2.05, 4.69) is 21.2 Å². The lowest BCUT2D eigenvalue weighted by molar-refractivity contribution is -0.115. The number of hydrogen-bond donors (Lipinski definition) is 1. The average molecular weight is 343 g/mol. The van der Waals surface area contributed by atoms with Crippen molar-refractivity contribution in [3.8, 4) is 0 Å². The Labute approximate surface area is 123 Å². The molecule has 0 unspecified atom stereocenters. The van der Waals surface area contributed by atoms with E-state index in [4.69, 9.17) is 11.6 Å². The van der Waals surface area contributed by atoms with Gasteiger partial charge in [-0.15, -0.1) is 0 Å². The SMILES string of the molecule is O=C(Cc1ccc(Cl)cc1)Nc1cc(F)ccc1Br. The zero-order valence-corrected chi connectivity index (χ0v) is 12.1. The number of halogens is 3. The zero-order valence-electron chi connectivity index (χ0n) is 9.79. The predicted molar refractivity (Wildman–Crippen MR) is 77.9 cm³/mol. The molecule has 5 heteroatoms. The minimum atomic E-state index is -0.398. The molecule has 0 saturated carbocycles. The van der Waals surface area contributed by atoms with Gasteiger partial charge in [0, 0.05) is 9.50 Å². The maximum atomic E-state index is 13.1. The highest BCUT2D eigenvalue weighted by Crippen LogP contribution is 2.23. The van der Waals surface area contributed by atoms with Gasteiger partial charge in [-0.05, 0) is 51.8 Å². The molecule has 0 bridgehead atoms. The normalized spacial score (nSPS) is 10.3. The summed E-state index contributed by atoms with van der Waals surface area (Å²) in [5.74, 6) is -0.612. The Hall–Kier alpha value is -1.39. The zero-order chi connectivity index (χ0) is 13.8. The number of anilines is 1. The molecular formula is C14H10BrClFNO. The first kappa shape index (κ1) is 14.0. The first-order chi connectivity index (χ1) is 9.04. The second-order valence-electron chi connectivity index (χ2n) is 3.98. The summed E-state index contributed by atoms with van der Waals surface area (Å²) in [4.78, 5) is 11.8. The molecule has 0 heterocycles. The molecule has 0 atom stereocenters. The highest BCUT2D eigenvalue weighted by atomic mass is 79.9. The van der Waals surface area contributed by atoms with Crippen LogP contribution in [-0.2, 0) is 11.2 Å². The topological polar surface area (TPSA) is 29.1 Å². The summed E-state index contributed by atoms with van der Waals surface area (Å²) in [7, 11) is 0. The molecule has 0 aromatic heterocycles. The minimum Gasteiger partial charge on any atom is -0.325 e. The van der Waals surface area contributed by atoms with Crippen molar-refractivity contribution in [1.82, 2.24) is 0 Å². The highest BCUT2D eigenvalue weighted by molar-refractivity contribution is 9.10. The van der Waals surface area contributed by atoms with Crippen LogP contribution in [0.15, 0.2) is 46.9 Å². The highest BCUT2D eigenvalue weighted by Gasteiger charge is 2.07. The number of amides is 1. The molecule has 0 aliphatic rings.